The van der Waals surface area contributed by atoms with Gasteiger partial charge in [0.25, 0.3) is 0 Å². The minimum Gasteiger partial charge on any atom is -0.311 e. The molecule has 0 radical (unpaired) electrons. The first-order valence-corrected chi connectivity index (χ1v) is 5.30. The highest BCUT2D eigenvalue weighted by atomic mass is 15.3. The maximum atomic E-state index is 4.30. The van der Waals surface area contributed by atoms with Crippen LogP contribution in [-0.4, -0.2) is 16.3 Å². The maximum Gasteiger partial charge on any atom is 0.0597 e. The maximum absolute atomic E-state index is 4.30. The third kappa shape index (κ3) is 3.50. The highest BCUT2D eigenvalue weighted by molar-refractivity contribution is 5.08. The van der Waals surface area contributed by atoms with Crippen LogP contribution in [0.2, 0.25) is 0 Å². The van der Waals surface area contributed by atoms with Crippen molar-refractivity contribution in [2.45, 2.75) is 33.7 Å². The molecule has 1 heterocycles. The zero-order valence-corrected chi connectivity index (χ0v) is 9.67. The predicted molar refractivity (Wildman–Crippen MR) is 59.1 cm³/mol. The van der Waals surface area contributed by atoms with Crippen molar-refractivity contribution in [1.82, 2.24) is 15.1 Å². The molecule has 0 unspecified atom stereocenters. The van der Waals surface area contributed by atoms with Crippen LogP contribution in [0, 0.1) is 12.8 Å². The molecule has 0 fully saturated rings. The number of hydrogen-bond donors (Lipinski definition) is 1. The minimum absolute atomic E-state index is 0.774. The summed E-state index contributed by atoms with van der Waals surface area (Å²) in [6, 6.07) is 2.13. The van der Waals surface area contributed by atoms with Gasteiger partial charge in [-0.25, -0.2) is 0 Å². The Morgan fingerprint density at radius 2 is 2.21 bits per heavy atom. The molecular weight excluding hydrogens is 174 g/mol. The Bertz CT molecular complexity index is 276. The standard InChI is InChI=1S/C11H21N3/c1-9(2)5-6-12-8-11-7-10(3)13-14(11)4/h7,9,12H,5-6,8H2,1-4H3. The first-order chi connectivity index (χ1) is 6.59. The topological polar surface area (TPSA) is 29.9 Å². The van der Waals surface area contributed by atoms with E-state index in [0.717, 1.165) is 24.7 Å². The summed E-state index contributed by atoms with van der Waals surface area (Å²) in [7, 11) is 1.99. The first-order valence-electron chi connectivity index (χ1n) is 5.30. The Labute approximate surface area is 86.5 Å². The Balaban J connectivity index is 2.28. The van der Waals surface area contributed by atoms with Gasteiger partial charge in [-0.3, -0.25) is 4.68 Å². The van der Waals surface area contributed by atoms with Crippen LogP contribution in [0.5, 0.6) is 0 Å². The fourth-order valence-electron chi connectivity index (χ4n) is 1.44. The number of nitrogens with zero attached hydrogens (tertiary/aromatic N) is 2. The zero-order valence-electron chi connectivity index (χ0n) is 9.67. The van der Waals surface area contributed by atoms with Crippen LogP contribution in [-0.2, 0) is 13.6 Å². The molecule has 1 N–H and O–H groups in total. The van der Waals surface area contributed by atoms with E-state index in [2.05, 4.69) is 30.3 Å². The van der Waals surface area contributed by atoms with Crippen LogP contribution >= 0.6 is 0 Å². The van der Waals surface area contributed by atoms with Gasteiger partial charge >= 0.3 is 0 Å². The summed E-state index contributed by atoms with van der Waals surface area (Å²) in [4.78, 5) is 0. The normalized spacial score (nSPS) is 11.2. The monoisotopic (exact) mass is 195 g/mol. The quantitative estimate of drug-likeness (QED) is 0.727. The zero-order chi connectivity index (χ0) is 10.6. The smallest absolute Gasteiger partial charge is 0.0597 e. The molecular formula is C11H21N3. The Kier molecular flexibility index (Phi) is 4.14. The second-order valence-electron chi connectivity index (χ2n) is 4.26. The van der Waals surface area contributed by atoms with E-state index in [0.29, 0.717) is 0 Å². The molecule has 1 aromatic heterocycles. The van der Waals surface area contributed by atoms with Gasteiger partial charge in [-0.15, -0.1) is 0 Å². The number of rotatable bonds is 5. The molecule has 0 aliphatic rings. The number of aryl methyl sites for hydroxylation is 2. The Hall–Kier alpha value is -0.830. The van der Waals surface area contributed by atoms with Crippen molar-refractivity contribution in [3.05, 3.63) is 17.5 Å². The summed E-state index contributed by atoms with van der Waals surface area (Å²) in [6.07, 6.45) is 1.23. The predicted octanol–water partition coefficient (Wildman–Crippen LogP) is 1.86. The summed E-state index contributed by atoms with van der Waals surface area (Å²) in [6.45, 7) is 8.52. The summed E-state index contributed by atoms with van der Waals surface area (Å²) in [5.41, 5.74) is 2.35. The van der Waals surface area contributed by atoms with Gasteiger partial charge in [0.15, 0.2) is 0 Å². The van der Waals surface area contributed by atoms with Crippen LogP contribution in [0.1, 0.15) is 31.7 Å². The lowest BCUT2D eigenvalue weighted by Crippen LogP contribution is -2.18. The van der Waals surface area contributed by atoms with E-state index >= 15 is 0 Å². The molecule has 0 saturated heterocycles. The SMILES string of the molecule is Cc1cc(CNCCC(C)C)n(C)n1. The highest BCUT2D eigenvalue weighted by Gasteiger charge is 2.00. The number of aromatic nitrogens is 2. The van der Waals surface area contributed by atoms with Crippen LogP contribution in [0.25, 0.3) is 0 Å². The van der Waals surface area contributed by atoms with E-state index in [4.69, 9.17) is 0 Å². The fraction of sp³-hybridized carbons (Fsp3) is 0.727. The molecule has 0 aliphatic carbocycles. The third-order valence-corrected chi connectivity index (χ3v) is 2.30. The van der Waals surface area contributed by atoms with Gasteiger partial charge in [0, 0.05) is 13.6 Å². The fourth-order valence-corrected chi connectivity index (χ4v) is 1.44. The molecule has 0 bridgehead atoms. The molecule has 3 nitrogen and oxygen atoms in total. The molecule has 1 aromatic rings. The van der Waals surface area contributed by atoms with E-state index in [9.17, 15) is 0 Å². The van der Waals surface area contributed by atoms with Crippen molar-refractivity contribution >= 4 is 0 Å². The molecule has 14 heavy (non-hydrogen) atoms. The molecule has 3 heteroatoms. The summed E-state index contributed by atoms with van der Waals surface area (Å²) in [5, 5.41) is 7.73. The lowest BCUT2D eigenvalue weighted by molar-refractivity contribution is 0.527. The first kappa shape index (κ1) is 11.2. The van der Waals surface area contributed by atoms with Gasteiger partial charge < -0.3 is 5.32 Å². The summed E-state index contributed by atoms with van der Waals surface area (Å²) in [5.74, 6) is 0.774. The van der Waals surface area contributed by atoms with Crippen LogP contribution in [0.15, 0.2) is 6.07 Å². The van der Waals surface area contributed by atoms with Gasteiger partial charge in [0.2, 0.25) is 0 Å². The second kappa shape index (κ2) is 5.15. The van der Waals surface area contributed by atoms with E-state index in [1.54, 1.807) is 0 Å². The molecule has 0 aromatic carbocycles. The van der Waals surface area contributed by atoms with Crippen molar-refractivity contribution in [3.63, 3.8) is 0 Å². The molecule has 0 aliphatic heterocycles. The minimum atomic E-state index is 0.774. The average molecular weight is 195 g/mol. The van der Waals surface area contributed by atoms with Crippen molar-refractivity contribution in [1.29, 1.82) is 0 Å². The van der Waals surface area contributed by atoms with Crippen molar-refractivity contribution in [3.8, 4) is 0 Å². The largest absolute Gasteiger partial charge is 0.311 e. The molecule has 0 atom stereocenters. The van der Waals surface area contributed by atoms with Crippen LogP contribution in [0.3, 0.4) is 0 Å². The number of nitrogens with one attached hydrogen (secondary N) is 1. The van der Waals surface area contributed by atoms with Crippen molar-refractivity contribution in [2.24, 2.45) is 13.0 Å². The van der Waals surface area contributed by atoms with Gasteiger partial charge in [-0.1, -0.05) is 13.8 Å². The third-order valence-electron chi connectivity index (χ3n) is 2.30. The molecule has 80 valence electrons. The molecule has 0 saturated carbocycles. The van der Waals surface area contributed by atoms with E-state index in [-0.39, 0.29) is 0 Å². The van der Waals surface area contributed by atoms with Crippen LogP contribution in [0.4, 0.5) is 0 Å². The van der Waals surface area contributed by atoms with E-state index in [1.165, 1.54) is 12.1 Å². The summed E-state index contributed by atoms with van der Waals surface area (Å²) >= 11 is 0. The van der Waals surface area contributed by atoms with Gasteiger partial charge in [-0.05, 0) is 31.9 Å². The van der Waals surface area contributed by atoms with Crippen molar-refractivity contribution in [2.75, 3.05) is 6.54 Å². The summed E-state index contributed by atoms with van der Waals surface area (Å²) < 4.78 is 1.94. The lowest BCUT2D eigenvalue weighted by atomic mass is 10.1. The van der Waals surface area contributed by atoms with E-state index in [1.807, 2.05) is 18.7 Å². The lowest BCUT2D eigenvalue weighted by Gasteiger charge is -2.06. The van der Waals surface area contributed by atoms with Crippen LogP contribution < -0.4 is 5.32 Å². The average Bonchev–Trinajstić information content (AvgIpc) is 2.39. The van der Waals surface area contributed by atoms with Gasteiger partial charge in [0.05, 0.1) is 11.4 Å². The van der Waals surface area contributed by atoms with Gasteiger partial charge in [-0.2, -0.15) is 5.10 Å². The van der Waals surface area contributed by atoms with Gasteiger partial charge in [0.1, 0.15) is 0 Å². The molecule has 1 rings (SSSR count). The molecule has 0 amide bonds. The van der Waals surface area contributed by atoms with Crippen molar-refractivity contribution < 1.29 is 0 Å². The Morgan fingerprint density at radius 3 is 2.71 bits per heavy atom. The number of hydrogen-bond acceptors (Lipinski definition) is 2. The highest BCUT2D eigenvalue weighted by Crippen LogP contribution is 2.02. The Morgan fingerprint density at radius 1 is 1.50 bits per heavy atom. The second-order valence-corrected chi connectivity index (χ2v) is 4.26. The van der Waals surface area contributed by atoms with E-state index < -0.39 is 0 Å². The molecule has 0 spiro atoms.